The van der Waals surface area contributed by atoms with Gasteiger partial charge in [-0.1, -0.05) is 37.3 Å². The molecule has 1 aliphatic heterocycles. The van der Waals surface area contributed by atoms with E-state index in [2.05, 4.69) is 66.1 Å². The molecular formula is C15H23NS2. The second-order valence-electron chi connectivity index (χ2n) is 4.73. The Morgan fingerprint density at radius 2 is 2.11 bits per heavy atom. The first-order valence-electron chi connectivity index (χ1n) is 6.87. The third-order valence-corrected chi connectivity index (χ3v) is 6.17. The highest BCUT2D eigenvalue weighted by molar-refractivity contribution is 8.06. The third kappa shape index (κ3) is 4.52. The number of nitrogens with one attached hydrogen (secondary N) is 1. The molecule has 0 radical (unpaired) electrons. The van der Waals surface area contributed by atoms with Crippen molar-refractivity contribution >= 4 is 23.5 Å². The van der Waals surface area contributed by atoms with Gasteiger partial charge >= 0.3 is 0 Å². The van der Waals surface area contributed by atoms with E-state index in [1.807, 2.05) is 0 Å². The van der Waals surface area contributed by atoms with Crippen molar-refractivity contribution in [1.82, 2.24) is 5.32 Å². The standard InChI is InChI=1S/C15H23NS2/c1-2-8-16-14(15-12-17-9-10-18-15)11-13-6-4-3-5-7-13/h3-7,14-16H,2,8-12H2,1H3. The van der Waals surface area contributed by atoms with Crippen molar-refractivity contribution in [3.05, 3.63) is 35.9 Å². The lowest BCUT2D eigenvalue weighted by atomic mass is 10.0. The van der Waals surface area contributed by atoms with Crippen LogP contribution >= 0.6 is 23.5 Å². The second-order valence-corrected chi connectivity index (χ2v) is 7.23. The molecule has 1 aliphatic rings. The fourth-order valence-corrected chi connectivity index (χ4v) is 5.16. The van der Waals surface area contributed by atoms with Crippen LogP contribution in [0.2, 0.25) is 0 Å². The molecule has 1 aromatic carbocycles. The van der Waals surface area contributed by atoms with Gasteiger partial charge in [-0.25, -0.2) is 0 Å². The molecule has 1 saturated heterocycles. The number of thioether (sulfide) groups is 2. The van der Waals surface area contributed by atoms with E-state index in [1.54, 1.807) is 0 Å². The normalized spacial score (nSPS) is 21.7. The zero-order chi connectivity index (χ0) is 12.6. The highest BCUT2D eigenvalue weighted by atomic mass is 32.2. The van der Waals surface area contributed by atoms with Crippen LogP contribution in [0.1, 0.15) is 18.9 Å². The molecule has 0 aliphatic carbocycles. The molecule has 3 heteroatoms. The van der Waals surface area contributed by atoms with E-state index in [4.69, 9.17) is 0 Å². The Kier molecular flexibility index (Phi) is 6.46. The minimum atomic E-state index is 0.630. The number of hydrogen-bond acceptors (Lipinski definition) is 3. The van der Waals surface area contributed by atoms with Crippen LogP contribution in [-0.4, -0.2) is 35.1 Å². The average molecular weight is 281 g/mol. The molecule has 100 valence electrons. The Balaban J connectivity index is 1.95. The molecule has 1 nitrogen and oxygen atoms in total. The van der Waals surface area contributed by atoms with Gasteiger partial charge in [-0.2, -0.15) is 23.5 Å². The summed E-state index contributed by atoms with van der Waals surface area (Å²) < 4.78 is 0. The van der Waals surface area contributed by atoms with Gasteiger partial charge < -0.3 is 5.32 Å². The fraction of sp³-hybridized carbons (Fsp3) is 0.600. The molecule has 1 aromatic rings. The summed E-state index contributed by atoms with van der Waals surface area (Å²) in [5.74, 6) is 3.94. The molecule has 0 amide bonds. The van der Waals surface area contributed by atoms with E-state index in [0.29, 0.717) is 6.04 Å². The van der Waals surface area contributed by atoms with Crippen molar-refractivity contribution in [2.75, 3.05) is 23.8 Å². The highest BCUT2D eigenvalue weighted by Gasteiger charge is 2.24. The molecular weight excluding hydrogens is 258 g/mol. The number of rotatable bonds is 6. The average Bonchev–Trinajstić information content (AvgIpc) is 2.45. The number of benzene rings is 1. The molecule has 1 heterocycles. The van der Waals surface area contributed by atoms with Gasteiger partial charge in [0.2, 0.25) is 0 Å². The number of hydrogen-bond donors (Lipinski definition) is 1. The van der Waals surface area contributed by atoms with Gasteiger partial charge in [-0.15, -0.1) is 0 Å². The molecule has 1 fully saturated rings. The lowest BCUT2D eigenvalue weighted by Gasteiger charge is -2.30. The van der Waals surface area contributed by atoms with Gasteiger partial charge in [-0.3, -0.25) is 0 Å². The third-order valence-electron chi connectivity index (χ3n) is 3.25. The molecule has 2 atom stereocenters. The van der Waals surface area contributed by atoms with E-state index < -0.39 is 0 Å². The lowest BCUT2D eigenvalue weighted by molar-refractivity contribution is 0.506. The van der Waals surface area contributed by atoms with Crippen molar-refractivity contribution in [1.29, 1.82) is 0 Å². The first-order chi connectivity index (χ1) is 8.90. The Morgan fingerprint density at radius 3 is 2.78 bits per heavy atom. The van der Waals surface area contributed by atoms with Gasteiger partial charge in [0.25, 0.3) is 0 Å². The summed E-state index contributed by atoms with van der Waals surface area (Å²) in [6, 6.07) is 11.5. The minimum absolute atomic E-state index is 0.630. The fourth-order valence-electron chi connectivity index (χ4n) is 2.27. The van der Waals surface area contributed by atoms with Gasteiger partial charge in [0.05, 0.1) is 0 Å². The van der Waals surface area contributed by atoms with E-state index in [0.717, 1.165) is 11.8 Å². The lowest BCUT2D eigenvalue weighted by Crippen LogP contribution is -2.43. The van der Waals surface area contributed by atoms with E-state index in [-0.39, 0.29) is 0 Å². The molecule has 2 unspecified atom stereocenters. The van der Waals surface area contributed by atoms with Crippen LogP contribution < -0.4 is 5.32 Å². The topological polar surface area (TPSA) is 12.0 Å². The van der Waals surface area contributed by atoms with Crippen LogP contribution in [0.15, 0.2) is 30.3 Å². The van der Waals surface area contributed by atoms with Crippen molar-refractivity contribution in [2.24, 2.45) is 0 Å². The van der Waals surface area contributed by atoms with Crippen LogP contribution in [0.3, 0.4) is 0 Å². The zero-order valence-electron chi connectivity index (χ0n) is 11.1. The molecule has 18 heavy (non-hydrogen) atoms. The van der Waals surface area contributed by atoms with E-state index in [1.165, 1.54) is 35.7 Å². The Hall–Kier alpha value is -0.120. The summed E-state index contributed by atoms with van der Waals surface area (Å²) in [6.07, 6.45) is 2.38. The smallest absolute Gasteiger partial charge is 0.0295 e. The van der Waals surface area contributed by atoms with Gasteiger partial charge in [0.15, 0.2) is 0 Å². The monoisotopic (exact) mass is 281 g/mol. The van der Waals surface area contributed by atoms with Crippen LogP contribution in [-0.2, 0) is 6.42 Å². The summed E-state index contributed by atoms with van der Waals surface area (Å²) in [5.41, 5.74) is 1.46. The predicted molar refractivity (Wildman–Crippen MR) is 85.8 cm³/mol. The Bertz CT molecular complexity index is 323. The first-order valence-corrected chi connectivity index (χ1v) is 9.07. The first kappa shape index (κ1) is 14.3. The molecule has 0 spiro atoms. The minimum Gasteiger partial charge on any atom is -0.313 e. The van der Waals surface area contributed by atoms with Crippen molar-refractivity contribution in [3.8, 4) is 0 Å². The van der Waals surface area contributed by atoms with Gasteiger partial charge in [-0.05, 0) is 24.9 Å². The van der Waals surface area contributed by atoms with E-state index in [9.17, 15) is 0 Å². The summed E-state index contributed by atoms with van der Waals surface area (Å²) in [5, 5.41) is 4.53. The van der Waals surface area contributed by atoms with Gasteiger partial charge in [0.1, 0.15) is 0 Å². The maximum atomic E-state index is 3.75. The Labute approximate surface area is 120 Å². The molecule has 0 saturated carbocycles. The summed E-state index contributed by atoms with van der Waals surface area (Å²) in [4.78, 5) is 0. The van der Waals surface area contributed by atoms with Gasteiger partial charge in [0, 0.05) is 28.6 Å². The van der Waals surface area contributed by atoms with Crippen LogP contribution in [0, 0.1) is 0 Å². The molecule has 1 N–H and O–H groups in total. The molecule has 0 bridgehead atoms. The van der Waals surface area contributed by atoms with Crippen molar-refractivity contribution in [2.45, 2.75) is 31.1 Å². The second kappa shape index (κ2) is 8.13. The predicted octanol–water partition coefficient (Wildman–Crippen LogP) is 3.45. The maximum absolute atomic E-state index is 3.75. The van der Waals surface area contributed by atoms with Crippen molar-refractivity contribution in [3.63, 3.8) is 0 Å². The summed E-state index contributed by atoms with van der Waals surface area (Å²) >= 11 is 4.27. The van der Waals surface area contributed by atoms with Crippen LogP contribution in [0.4, 0.5) is 0 Å². The zero-order valence-corrected chi connectivity index (χ0v) is 12.7. The Morgan fingerprint density at radius 1 is 1.28 bits per heavy atom. The van der Waals surface area contributed by atoms with E-state index >= 15 is 0 Å². The van der Waals surface area contributed by atoms with Crippen LogP contribution in [0.5, 0.6) is 0 Å². The molecule has 0 aromatic heterocycles. The quantitative estimate of drug-likeness (QED) is 0.858. The SMILES string of the molecule is CCCNC(Cc1ccccc1)C1CSCCS1. The van der Waals surface area contributed by atoms with Crippen LogP contribution in [0.25, 0.3) is 0 Å². The summed E-state index contributed by atoms with van der Waals surface area (Å²) in [7, 11) is 0. The highest BCUT2D eigenvalue weighted by Crippen LogP contribution is 2.27. The van der Waals surface area contributed by atoms with Crippen molar-refractivity contribution < 1.29 is 0 Å². The maximum Gasteiger partial charge on any atom is 0.0295 e. The largest absolute Gasteiger partial charge is 0.313 e. The summed E-state index contributed by atoms with van der Waals surface area (Å²) in [6.45, 7) is 3.38. The molecule has 2 rings (SSSR count).